The molecule has 0 amide bonds. The van der Waals surface area contributed by atoms with E-state index in [1.54, 1.807) is 6.07 Å². The third kappa shape index (κ3) is 4.14. The highest BCUT2D eigenvalue weighted by Gasteiger charge is 1.95. The molecular weight excluding hydrogens is 189 g/mol. The van der Waals surface area contributed by atoms with Crippen LogP contribution in [0.1, 0.15) is 30.4 Å². The van der Waals surface area contributed by atoms with Crippen LogP contribution < -0.4 is 5.73 Å². The summed E-state index contributed by atoms with van der Waals surface area (Å²) < 4.78 is 12.8. The van der Waals surface area contributed by atoms with Gasteiger partial charge in [-0.1, -0.05) is 11.8 Å². The fraction of sp³-hybridized carbons (Fsp3) is 0.385. The molecule has 0 saturated carbocycles. The van der Waals surface area contributed by atoms with Crippen molar-refractivity contribution in [2.75, 3.05) is 6.54 Å². The summed E-state index contributed by atoms with van der Waals surface area (Å²) >= 11 is 0. The molecule has 0 heterocycles. The van der Waals surface area contributed by atoms with E-state index in [4.69, 9.17) is 5.73 Å². The molecule has 1 aromatic carbocycles. The van der Waals surface area contributed by atoms with Crippen molar-refractivity contribution in [3.63, 3.8) is 0 Å². The Kier molecular flexibility index (Phi) is 4.86. The fourth-order valence-electron chi connectivity index (χ4n) is 1.28. The first kappa shape index (κ1) is 11.7. The van der Waals surface area contributed by atoms with E-state index < -0.39 is 0 Å². The number of nitrogens with two attached hydrogens (primary N) is 1. The van der Waals surface area contributed by atoms with Crippen LogP contribution in [0.4, 0.5) is 4.39 Å². The third-order valence-corrected chi connectivity index (χ3v) is 2.17. The van der Waals surface area contributed by atoms with Crippen LogP contribution in [0.15, 0.2) is 18.2 Å². The molecule has 0 aromatic heterocycles. The SMILES string of the molecule is Cc1cc(F)ccc1C#CCCCCN. The summed E-state index contributed by atoms with van der Waals surface area (Å²) in [5, 5.41) is 0. The summed E-state index contributed by atoms with van der Waals surface area (Å²) in [6, 6.07) is 4.67. The van der Waals surface area contributed by atoms with E-state index in [0.717, 1.165) is 36.9 Å². The molecular formula is C13H16FN. The predicted molar refractivity (Wildman–Crippen MR) is 60.9 cm³/mol. The van der Waals surface area contributed by atoms with Crippen molar-refractivity contribution in [2.45, 2.75) is 26.2 Å². The van der Waals surface area contributed by atoms with Crippen LogP contribution in [-0.4, -0.2) is 6.54 Å². The minimum atomic E-state index is -0.207. The summed E-state index contributed by atoms with van der Waals surface area (Å²) in [4.78, 5) is 0. The van der Waals surface area contributed by atoms with Crippen molar-refractivity contribution in [3.05, 3.63) is 35.1 Å². The highest BCUT2D eigenvalue weighted by molar-refractivity contribution is 5.40. The highest BCUT2D eigenvalue weighted by atomic mass is 19.1. The average Bonchev–Trinajstić information content (AvgIpc) is 2.20. The number of benzene rings is 1. The highest BCUT2D eigenvalue weighted by Crippen LogP contribution is 2.08. The van der Waals surface area contributed by atoms with Crippen LogP contribution in [-0.2, 0) is 0 Å². The molecule has 0 aliphatic carbocycles. The zero-order valence-electron chi connectivity index (χ0n) is 9.02. The largest absolute Gasteiger partial charge is 0.330 e. The maximum atomic E-state index is 12.8. The van der Waals surface area contributed by atoms with Crippen LogP contribution >= 0.6 is 0 Å². The normalized spacial score (nSPS) is 9.53. The Morgan fingerprint density at radius 1 is 1.33 bits per heavy atom. The standard InChI is InChI=1S/C13H16FN/c1-11-10-13(14)8-7-12(11)6-4-2-3-5-9-15/h7-8,10H,2-3,5,9,15H2,1H3. The average molecular weight is 205 g/mol. The number of halogens is 1. The maximum Gasteiger partial charge on any atom is 0.123 e. The number of hydrogen-bond donors (Lipinski definition) is 1. The lowest BCUT2D eigenvalue weighted by molar-refractivity contribution is 0.626. The van der Waals surface area contributed by atoms with E-state index in [2.05, 4.69) is 11.8 Å². The zero-order chi connectivity index (χ0) is 11.1. The van der Waals surface area contributed by atoms with Crippen LogP contribution in [0, 0.1) is 24.6 Å². The molecule has 0 radical (unpaired) electrons. The van der Waals surface area contributed by atoms with Gasteiger partial charge in [0.2, 0.25) is 0 Å². The second-order valence-electron chi connectivity index (χ2n) is 3.51. The molecule has 0 aliphatic heterocycles. The van der Waals surface area contributed by atoms with Gasteiger partial charge in [0.25, 0.3) is 0 Å². The molecule has 2 heteroatoms. The van der Waals surface area contributed by atoms with E-state index in [0.29, 0.717) is 0 Å². The van der Waals surface area contributed by atoms with Crippen molar-refractivity contribution >= 4 is 0 Å². The number of aryl methyl sites for hydroxylation is 1. The van der Waals surface area contributed by atoms with E-state index in [1.165, 1.54) is 12.1 Å². The number of hydrogen-bond acceptors (Lipinski definition) is 1. The van der Waals surface area contributed by atoms with Crippen molar-refractivity contribution in [3.8, 4) is 11.8 Å². The molecule has 0 saturated heterocycles. The second kappa shape index (κ2) is 6.21. The first-order valence-electron chi connectivity index (χ1n) is 5.19. The van der Waals surface area contributed by atoms with Crippen LogP contribution in [0.25, 0.3) is 0 Å². The molecule has 0 spiro atoms. The van der Waals surface area contributed by atoms with Gasteiger partial charge in [-0.15, -0.1) is 0 Å². The maximum absolute atomic E-state index is 12.8. The van der Waals surface area contributed by atoms with Crippen LogP contribution in [0.5, 0.6) is 0 Å². The van der Waals surface area contributed by atoms with Crippen molar-refractivity contribution < 1.29 is 4.39 Å². The monoisotopic (exact) mass is 205 g/mol. The van der Waals surface area contributed by atoms with Gasteiger partial charge in [-0.25, -0.2) is 4.39 Å². The van der Waals surface area contributed by atoms with Gasteiger partial charge in [-0.2, -0.15) is 0 Å². The van der Waals surface area contributed by atoms with Gasteiger partial charge in [0, 0.05) is 12.0 Å². The Morgan fingerprint density at radius 2 is 2.13 bits per heavy atom. The molecule has 1 rings (SSSR count). The Bertz CT molecular complexity index is 374. The first-order valence-corrected chi connectivity index (χ1v) is 5.19. The summed E-state index contributed by atoms with van der Waals surface area (Å²) in [5.74, 6) is 5.90. The minimum absolute atomic E-state index is 0.207. The Balaban J connectivity index is 2.56. The quantitative estimate of drug-likeness (QED) is 0.595. The Labute approximate surface area is 90.5 Å². The molecule has 0 fully saturated rings. The van der Waals surface area contributed by atoms with Gasteiger partial charge in [0.15, 0.2) is 0 Å². The smallest absolute Gasteiger partial charge is 0.123 e. The van der Waals surface area contributed by atoms with Gasteiger partial charge in [-0.05, 0) is 50.1 Å². The van der Waals surface area contributed by atoms with Crippen molar-refractivity contribution in [1.29, 1.82) is 0 Å². The molecule has 0 aliphatic rings. The zero-order valence-corrected chi connectivity index (χ0v) is 9.02. The van der Waals surface area contributed by atoms with Gasteiger partial charge in [-0.3, -0.25) is 0 Å². The summed E-state index contributed by atoms with van der Waals surface area (Å²) in [6.07, 6.45) is 2.90. The molecule has 1 aromatic rings. The predicted octanol–water partition coefficient (Wildman–Crippen LogP) is 2.61. The third-order valence-electron chi connectivity index (χ3n) is 2.17. The molecule has 80 valence electrons. The van der Waals surface area contributed by atoms with Crippen LogP contribution in [0.2, 0.25) is 0 Å². The summed E-state index contributed by atoms with van der Waals surface area (Å²) in [7, 11) is 0. The number of unbranched alkanes of at least 4 members (excludes halogenated alkanes) is 2. The van der Waals surface area contributed by atoms with Gasteiger partial charge < -0.3 is 5.73 Å². The summed E-state index contributed by atoms with van der Waals surface area (Å²) in [6.45, 7) is 2.59. The topological polar surface area (TPSA) is 26.0 Å². The fourth-order valence-corrected chi connectivity index (χ4v) is 1.28. The van der Waals surface area contributed by atoms with E-state index in [-0.39, 0.29) is 5.82 Å². The van der Waals surface area contributed by atoms with Gasteiger partial charge in [0.05, 0.1) is 0 Å². The molecule has 0 bridgehead atoms. The lowest BCUT2D eigenvalue weighted by Gasteiger charge is -1.96. The molecule has 0 unspecified atom stereocenters. The second-order valence-corrected chi connectivity index (χ2v) is 3.51. The minimum Gasteiger partial charge on any atom is -0.330 e. The lowest BCUT2D eigenvalue weighted by Crippen LogP contribution is -1.96. The molecule has 1 nitrogen and oxygen atoms in total. The molecule has 0 atom stereocenters. The van der Waals surface area contributed by atoms with Gasteiger partial charge >= 0.3 is 0 Å². The summed E-state index contributed by atoms with van der Waals surface area (Å²) in [5.41, 5.74) is 7.17. The molecule has 2 N–H and O–H groups in total. The van der Waals surface area contributed by atoms with Gasteiger partial charge in [0.1, 0.15) is 5.82 Å². The number of rotatable bonds is 3. The lowest BCUT2D eigenvalue weighted by atomic mass is 10.1. The first-order chi connectivity index (χ1) is 7.24. The Morgan fingerprint density at radius 3 is 2.80 bits per heavy atom. The van der Waals surface area contributed by atoms with E-state index in [1.807, 2.05) is 6.92 Å². The molecule has 15 heavy (non-hydrogen) atoms. The van der Waals surface area contributed by atoms with E-state index >= 15 is 0 Å². The van der Waals surface area contributed by atoms with E-state index in [9.17, 15) is 4.39 Å². The Hall–Kier alpha value is -1.33. The van der Waals surface area contributed by atoms with Crippen LogP contribution in [0.3, 0.4) is 0 Å². The van der Waals surface area contributed by atoms with Crippen molar-refractivity contribution in [1.82, 2.24) is 0 Å². The van der Waals surface area contributed by atoms with Crippen molar-refractivity contribution in [2.24, 2.45) is 5.73 Å².